The van der Waals surface area contributed by atoms with Crippen LogP contribution in [0.3, 0.4) is 0 Å². The molecule has 0 aliphatic rings. The predicted octanol–water partition coefficient (Wildman–Crippen LogP) is 6.98. The van der Waals surface area contributed by atoms with Gasteiger partial charge in [0, 0.05) is 47.8 Å². The lowest BCUT2D eigenvalue weighted by molar-refractivity contribution is -0.572. The standard InChI is InChI=1S/C30H25N2/c1-22-17-23(2)19-26(18-22)27-20-29(24-9-5-3-6-10-24)32(28-13-15-31-16-14-28)30(21-27)25-11-7-4-8-12-25/h3-21H,1-2H3/q+1. The average molecular weight is 414 g/mol. The van der Waals surface area contributed by atoms with Crippen LogP contribution in [0.25, 0.3) is 39.3 Å². The summed E-state index contributed by atoms with van der Waals surface area (Å²) in [6.07, 6.45) is 3.70. The van der Waals surface area contributed by atoms with E-state index in [-0.39, 0.29) is 0 Å². The fraction of sp³-hybridized carbons (Fsp3) is 0.0667. The third-order valence-corrected chi connectivity index (χ3v) is 5.68. The summed E-state index contributed by atoms with van der Waals surface area (Å²) in [7, 11) is 0. The molecule has 154 valence electrons. The van der Waals surface area contributed by atoms with Crippen LogP contribution in [0.5, 0.6) is 0 Å². The van der Waals surface area contributed by atoms with E-state index in [9.17, 15) is 0 Å². The number of aryl methyl sites for hydroxylation is 2. The van der Waals surface area contributed by atoms with Crippen molar-refractivity contribution in [2.24, 2.45) is 0 Å². The summed E-state index contributed by atoms with van der Waals surface area (Å²) in [6, 6.07) is 36.7. The second-order valence-corrected chi connectivity index (χ2v) is 8.16. The summed E-state index contributed by atoms with van der Waals surface area (Å²) < 4.78 is 2.33. The molecule has 32 heavy (non-hydrogen) atoms. The third-order valence-electron chi connectivity index (χ3n) is 5.68. The van der Waals surface area contributed by atoms with Crippen molar-refractivity contribution in [1.29, 1.82) is 0 Å². The van der Waals surface area contributed by atoms with Gasteiger partial charge in [0.15, 0.2) is 0 Å². The molecule has 0 radical (unpaired) electrons. The molecule has 2 heterocycles. The van der Waals surface area contributed by atoms with Gasteiger partial charge in [0.05, 0.1) is 0 Å². The van der Waals surface area contributed by atoms with Crippen molar-refractivity contribution in [1.82, 2.24) is 4.98 Å². The van der Waals surface area contributed by atoms with E-state index in [4.69, 9.17) is 0 Å². The maximum absolute atomic E-state index is 4.25. The molecule has 0 saturated heterocycles. The molecule has 2 nitrogen and oxygen atoms in total. The van der Waals surface area contributed by atoms with Gasteiger partial charge in [0.2, 0.25) is 17.1 Å². The van der Waals surface area contributed by atoms with Crippen molar-refractivity contribution in [3.05, 3.63) is 127 Å². The minimum absolute atomic E-state index is 1.09. The van der Waals surface area contributed by atoms with Gasteiger partial charge in [0.25, 0.3) is 0 Å². The third kappa shape index (κ3) is 3.95. The molecule has 5 aromatic rings. The van der Waals surface area contributed by atoms with E-state index in [2.05, 4.69) is 127 Å². The molecule has 0 amide bonds. The van der Waals surface area contributed by atoms with Crippen molar-refractivity contribution in [2.45, 2.75) is 13.8 Å². The first-order valence-corrected chi connectivity index (χ1v) is 10.9. The Morgan fingerprint density at radius 3 is 1.47 bits per heavy atom. The number of nitrogens with zero attached hydrogens (tertiary/aromatic N) is 2. The van der Waals surface area contributed by atoms with E-state index in [1.165, 1.54) is 33.4 Å². The number of hydrogen-bond donors (Lipinski definition) is 0. The molecule has 0 fully saturated rings. The van der Waals surface area contributed by atoms with Gasteiger partial charge in [-0.2, -0.15) is 4.57 Å². The number of pyridine rings is 2. The Kier molecular flexibility index (Phi) is 5.35. The van der Waals surface area contributed by atoms with Gasteiger partial charge in [-0.25, -0.2) is 0 Å². The molecule has 0 saturated carbocycles. The minimum atomic E-state index is 1.09. The maximum atomic E-state index is 4.25. The average Bonchev–Trinajstić information content (AvgIpc) is 2.84. The summed E-state index contributed by atoms with van der Waals surface area (Å²) in [5.41, 5.74) is 10.7. The predicted molar refractivity (Wildman–Crippen MR) is 132 cm³/mol. The van der Waals surface area contributed by atoms with Crippen LogP contribution in [0.4, 0.5) is 0 Å². The largest absolute Gasteiger partial charge is 0.264 e. The number of aromatic nitrogens is 2. The molecule has 0 N–H and O–H groups in total. The lowest BCUT2D eigenvalue weighted by Gasteiger charge is -2.13. The fourth-order valence-electron chi connectivity index (χ4n) is 4.32. The van der Waals surface area contributed by atoms with Gasteiger partial charge >= 0.3 is 0 Å². The van der Waals surface area contributed by atoms with E-state index in [0.717, 1.165) is 17.1 Å². The van der Waals surface area contributed by atoms with Gasteiger partial charge in [-0.3, -0.25) is 4.98 Å². The van der Waals surface area contributed by atoms with Crippen LogP contribution in [0, 0.1) is 13.8 Å². The zero-order chi connectivity index (χ0) is 21.9. The van der Waals surface area contributed by atoms with E-state index in [1.54, 1.807) is 0 Å². The summed E-state index contributed by atoms with van der Waals surface area (Å²) in [6.45, 7) is 4.32. The normalized spacial score (nSPS) is 10.8. The van der Waals surface area contributed by atoms with Crippen LogP contribution in [-0.2, 0) is 0 Å². The van der Waals surface area contributed by atoms with Crippen molar-refractivity contribution < 1.29 is 4.57 Å². The highest BCUT2D eigenvalue weighted by Crippen LogP contribution is 2.31. The van der Waals surface area contributed by atoms with Crippen LogP contribution in [0.2, 0.25) is 0 Å². The van der Waals surface area contributed by atoms with Crippen molar-refractivity contribution in [3.8, 4) is 39.3 Å². The smallest absolute Gasteiger partial charge is 0.219 e. The van der Waals surface area contributed by atoms with E-state index in [1.807, 2.05) is 12.4 Å². The second-order valence-electron chi connectivity index (χ2n) is 8.16. The van der Waals surface area contributed by atoms with Gasteiger partial charge in [-0.15, -0.1) is 0 Å². The Bertz CT molecular complexity index is 1280. The molecule has 2 aromatic heterocycles. The molecule has 2 heteroatoms. The van der Waals surface area contributed by atoms with Crippen LogP contribution < -0.4 is 4.57 Å². The highest BCUT2D eigenvalue weighted by Gasteiger charge is 2.24. The minimum Gasteiger partial charge on any atom is -0.264 e. The lowest BCUT2D eigenvalue weighted by Crippen LogP contribution is -2.36. The first-order valence-electron chi connectivity index (χ1n) is 10.9. The summed E-state index contributed by atoms with van der Waals surface area (Å²) >= 11 is 0. The molecule has 0 aliphatic heterocycles. The number of rotatable bonds is 4. The van der Waals surface area contributed by atoms with Crippen LogP contribution in [-0.4, -0.2) is 4.98 Å². The van der Waals surface area contributed by atoms with Gasteiger partial charge in [0.1, 0.15) is 0 Å². The first-order chi connectivity index (χ1) is 15.7. The summed E-state index contributed by atoms with van der Waals surface area (Å²) in [5, 5.41) is 0. The highest BCUT2D eigenvalue weighted by molar-refractivity contribution is 5.75. The first kappa shape index (κ1) is 19.9. The molecule has 0 atom stereocenters. The molecule has 3 aromatic carbocycles. The topological polar surface area (TPSA) is 16.8 Å². The van der Waals surface area contributed by atoms with Crippen molar-refractivity contribution in [3.63, 3.8) is 0 Å². The molecule has 5 rings (SSSR count). The fourth-order valence-corrected chi connectivity index (χ4v) is 4.32. The van der Waals surface area contributed by atoms with Crippen molar-refractivity contribution in [2.75, 3.05) is 0 Å². The number of benzene rings is 3. The molecule has 0 aliphatic carbocycles. The van der Waals surface area contributed by atoms with E-state index < -0.39 is 0 Å². The van der Waals surface area contributed by atoms with Gasteiger partial charge in [-0.05, 0) is 49.2 Å². The van der Waals surface area contributed by atoms with Crippen LogP contribution in [0.1, 0.15) is 11.1 Å². The Labute approximate surface area is 189 Å². The van der Waals surface area contributed by atoms with E-state index in [0.29, 0.717) is 0 Å². The van der Waals surface area contributed by atoms with E-state index >= 15 is 0 Å². The lowest BCUT2D eigenvalue weighted by atomic mass is 9.96. The zero-order valence-electron chi connectivity index (χ0n) is 18.4. The Morgan fingerprint density at radius 2 is 0.969 bits per heavy atom. The Balaban J connectivity index is 1.88. The SMILES string of the molecule is Cc1cc(C)cc(-c2cc(-c3ccccc3)[n+](-c3ccncc3)c(-c3ccccc3)c2)c1. The highest BCUT2D eigenvalue weighted by atomic mass is 15.0. The molecule has 0 bridgehead atoms. The Hall–Kier alpha value is -4.04. The summed E-state index contributed by atoms with van der Waals surface area (Å²) in [5.74, 6) is 0. The molecular formula is C30H25N2+. The van der Waals surface area contributed by atoms with Crippen molar-refractivity contribution >= 4 is 0 Å². The second kappa shape index (κ2) is 8.60. The molecule has 0 unspecified atom stereocenters. The maximum Gasteiger partial charge on any atom is 0.219 e. The quantitative estimate of drug-likeness (QED) is 0.291. The number of hydrogen-bond acceptors (Lipinski definition) is 1. The van der Waals surface area contributed by atoms with Gasteiger partial charge < -0.3 is 0 Å². The van der Waals surface area contributed by atoms with Crippen LogP contribution >= 0.6 is 0 Å². The summed E-state index contributed by atoms with van der Waals surface area (Å²) in [4.78, 5) is 4.25. The monoisotopic (exact) mass is 413 g/mol. The van der Waals surface area contributed by atoms with Gasteiger partial charge in [-0.1, -0.05) is 65.7 Å². The molecular weight excluding hydrogens is 388 g/mol. The molecule has 0 spiro atoms. The van der Waals surface area contributed by atoms with Crippen LogP contribution in [0.15, 0.2) is 116 Å². The zero-order valence-corrected chi connectivity index (χ0v) is 18.4. The Morgan fingerprint density at radius 1 is 0.500 bits per heavy atom.